The Morgan fingerprint density at radius 1 is 1.38 bits per heavy atom. The Labute approximate surface area is 125 Å². The predicted octanol–water partition coefficient (Wildman–Crippen LogP) is 3.53. The molecule has 0 saturated heterocycles. The van der Waals surface area contributed by atoms with E-state index >= 15 is 0 Å². The topological polar surface area (TPSA) is 43.8 Å². The highest BCUT2D eigenvalue weighted by molar-refractivity contribution is 5.32. The van der Waals surface area contributed by atoms with Gasteiger partial charge in [0.15, 0.2) is 0 Å². The van der Waals surface area contributed by atoms with E-state index in [4.69, 9.17) is 5.73 Å². The van der Waals surface area contributed by atoms with E-state index in [0.717, 1.165) is 37.1 Å². The molecule has 2 aromatic rings. The van der Waals surface area contributed by atoms with E-state index in [0.29, 0.717) is 17.8 Å². The molecule has 0 bridgehead atoms. The first kappa shape index (κ1) is 14.1. The van der Waals surface area contributed by atoms with Gasteiger partial charge in [-0.15, -0.1) is 0 Å². The summed E-state index contributed by atoms with van der Waals surface area (Å²) in [4.78, 5) is 4.52. The number of rotatable bonds is 3. The van der Waals surface area contributed by atoms with Gasteiger partial charge in [-0.05, 0) is 42.7 Å². The van der Waals surface area contributed by atoms with Gasteiger partial charge in [-0.2, -0.15) is 0 Å². The minimum Gasteiger partial charge on any atom is -0.369 e. The van der Waals surface area contributed by atoms with Crippen molar-refractivity contribution < 1.29 is 4.39 Å². The van der Waals surface area contributed by atoms with Crippen LogP contribution in [0, 0.1) is 11.7 Å². The van der Waals surface area contributed by atoms with Crippen molar-refractivity contribution in [3.05, 3.63) is 47.0 Å². The van der Waals surface area contributed by atoms with Crippen LogP contribution in [0.3, 0.4) is 0 Å². The fourth-order valence-corrected chi connectivity index (χ4v) is 3.29. The molecular weight excluding hydrogens is 265 g/mol. The number of fused-ring (bicyclic) bond motifs is 1. The average Bonchev–Trinajstić information content (AvgIpc) is 2.79. The number of nitrogens with two attached hydrogens (primary N) is 1. The average molecular weight is 287 g/mol. The molecule has 4 heteroatoms. The van der Waals surface area contributed by atoms with Crippen LogP contribution in [0.1, 0.15) is 43.1 Å². The SMILES string of the molecule is CC(C)c1nc(N)n2c1CCC(Cc1ccccc1F)C2. The van der Waals surface area contributed by atoms with Gasteiger partial charge in [0.25, 0.3) is 0 Å². The molecule has 1 aliphatic heterocycles. The van der Waals surface area contributed by atoms with Gasteiger partial charge in [0.1, 0.15) is 5.82 Å². The molecule has 0 aliphatic carbocycles. The first-order chi connectivity index (χ1) is 10.1. The molecule has 0 fully saturated rings. The van der Waals surface area contributed by atoms with Crippen LogP contribution in [-0.2, 0) is 19.4 Å². The number of imidazole rings is 1. The summed E-state index contributed by atoms with van der Waals surface area (Å²) in [7, 11) is 0. The van der Waals surface area contributed by atoms with Gasteiger partial charge in [-0.3, -0.25) is 0 Å². The number of aromatic nitrogens is 2. The summed E-state index contributed by atoms with van der Waals surface area (Å²) in [5.74, 6) is 1.31. The smallest absolute Gasteiger partial charge is 0.200 e. The Morgan fingerprint density at radius 2 is 2.14 bits per heavy atom. The number of hydrogen-bond donors (Lipinski definition) is 1. The summed E-state index contributed by atoms with van der Waals surface area (Å²) >= 11 is 0. The predicted molar refractivity (Wildman–Crippen MR) is 82.6 cm³/mol. The summed E-state index contributed by atoms with van der Waals surface area (Å²) < 4.78 is 15.9. The van der Waals surface area contributed by atoms with Gasteiger partial charge in [0.2, 0.25) is 5.95 Å². The molecule has 1 unspecified atom stereocenters. The van der Waals surface area contributed by atoms with Crippen molar-refractivity contribution in [1.82, 2.24) is 9.55 Å². The second-order valence-electron chi connectivity index (χ2n) is 6.27. The summed E-state index contributed by atoms with van der Waals surface area (Å²) in [6.45, 7) is 5.14. The van der Waals surface area contributed by atoms with Crippen LogP contribution in [0.4, 0.5) is 10.3 Å². The normalized spacial score (nSPS) is 18.0. The van der Waals surface area contributed by atoms with E-state index < -0.39 is 0 Å². The lowest BCUT2D eigenvalue weighted by Gasteiger charge is -2.26. The Balaban J connectivity index is 1.81. The van der Waals surface area contributed by atoms with Crippen LogP contribution in [0.5, 0.6) is 0 Å². The van der Waals surface area contributed by atoms with Crippen molar-refractivity contribution in [3.63, 3.8) is 0 Å². The van der Waals surface area contributed by atoms with Gasteiger partial charge >= 0.3 is 0 Å². The molecule has 1 atom stereocenters. The first-order valence-corrected chi connectivity index (χ1v) is 7.64. The van der Waals surface area contributed by atoms with E-state index in [-0.39, 0.29) is 5.82 Å². The molecule has 0 radical (unpaired) electrons. The molecule has 112 valence electrons. The molecule has 0 spiro atoms. The lowest BCUT2D eigenvalue weighted by atomic mass is 9.90. The molecule has 1 aromatic carbocycles. The summed E-state index contributed by atoms with van der Waals surface area (Å²) in [6.07, 6.45) is 2.82. The van der Waals surface area contributed by atoms with Crippen molar-refractivity contribution in [3.8, 4) is 0 Å². The van der Waals surface area contributed by atoms with Crippen molar-refractivity contribution in [2.45, 2.75) is 45.6 Å². The van der Waals surface area contributed by atoms with Crippen LogP contribution in [0.15, 0.2) is 24.3 Å². The Morgan fingerprint density at radius 3 is 2.86 bits per heavy atom. The van der Waals surface area contributed by atoms with Crippen molar-refractivity contribution in [1.29, 1.82) is 0 Å². The molecule has 1 aromatic heterocycles. The summed E-state index contributed by atoms with van der Waals surface area (Å²) in [5.41, 5.74) is 9.26. The van der Waals surface area contributed by atoms with Gasteiger partial charge in [-0.25, -0.2) is 9.37 Å². The molecule has 3 nitrogen and oxygen atoms in total. The van der Waals surface area contributed by atoms with Crippen molar-refractivity contribution in [2.75, 3.05) is 5.73 Å². The number of nitrogens with zero attached hydrogens (tertiary/aromatic N) is 2. The van der Waals surface area contributed by atoms with E-state index in [9.17, 15) is 4.39 Å². The molecule has 21 heavy (non-hydrogen) atoms. The van der Waals surface area contributed by atoms with Gasteiger partial charge in [0, 0.05) is 12.2 Å². The Kier molecular flexibility index (Phi) is 3.70. The fourth-order valence-electron chi connectivity index (χ4n) is 3.29. The molecule has 3 rings (SSSR count). The van der Waals surface area contributed by atoms with Gasteiger partial charge in [-0.1, -0.05) is 32.0 Å². The van der Waals surface area contributed by atoms with Crippen molar-refractivity contribution in [2.24, 2.45) is 5.92 Å². The number of hydrogen-bond acceptors (Lipinski definition) is 2. The number of halogens is 1. The quantitative estimate of drug-likeness (QED) is 0.938. The maximum atomic E-state index is 13.8. The zero-order chi connectivity index (χ0) is 15.0. The number of anilines is 1. The monoisotopic (exact) mass is 287 g/mol. The number of benzene rings is 1. The zero-order valence-corrected chi connectivity index (χ0v) is 12.6. The molecule has 2 N–H and O–H groups in total. The molecule has 2 heterocycles. The third-order valence-electron chi connectivity index (χ3n) is 4.38. The van der Waals surface area contributed by atoms with E-state index in [1.807, 2.05) is 12.1 Å². The molecule has 0 amide bonds. The largest absolute Gasteiger partial charge is 0.369 e. The Hall–Kier alpha value is -1.84. The third kappa shape index (κ3) is 2.67. The third-order valence-corrected chi connectivity index (χ3v) is 4.38. The van der Waals surface area contributed by atoms with E-state index in [1.165, 1.54) is 11.8 Å². The maximum Gasteiger partial charge on any atom is 0.200 e. The highest BCUT2D eigenvalue weighted by Crippen LogP contribution is 2.31. The zero-order valence-electron chi connectivity index (χ0n) is 12.6. The molecule has 0 saturated carbocycles. The van der Waals surface area contributed by atoms with E-state index in [1.54, 1.807) is 6.07 Å². The van der Waals surface area contributed by atoms with Crippen molar-refractivity contribution >= 4 is 5.95 Å². The van der Waals surface area contributed by atoms with Crippen LogP contribution in [-0.4, -0.2) is 9.55 Å². The second-order valence-corrected chi connectivity index (χ2v) is 6.27. The standard InChI is InChI=1S/C17H22FN3/c1-11(2)16-15-8-7-12(10-21(15)17(19)20-16)9-13-5-3-4-6-14(13)18/h3-6,11-12H,7-10H2,1-2H3,(H2,19,20). The lowest BCUT2D eigenvalue weighted by molar-refractivity contribution is 0.365. The molecule has 1 aliphatic rings. The fraction of sp³-hybridized carbons (Fsp3) is 0.471. The van der Waals surface area contributed by atoms with Crippen LogP contribution < -0.4 is 5.73 Å². The van der Waals surface area contributed by atoms with Crippen LogP contribution in [0.2, 0.25) is 0 Å². The van der Waals surface area contributed by atoms with Gasteiger partial charge < -0.3 is 10.3 Å². The minimum absolute atomic E-state index is 0.107. The van der Waals surface area contributed by atoms with Crippen LogP contribution >= 0.6 is 0 Å². The summed E-state index contributed by atoms with van der Waals surface area (Å²) in [6, 6.07) is 7.05. The molecular formula is C17H22FN3. The van der Waals surface area contributed by atoms with Crippen LogP contribution in [0.25, 0.3) is 0 Å². The van der Waals surface area contributed by atoms with E-state index in [2.05, 4.69) is 23.4 Å². The minimum atomic E-state index is -0.107. The lowest BCUT2D eigenvalue weighted by Crippen LogP contribution is -2.23. The number of nitrogen functional groups attached to an aromatic ring is 1. The Bertz CT molecular complexity index is 645. The highest BCUT2D eigenvalue weighted by atomic mass is 19.1. The maximum absolute atomic E-state index is 13.8. The van der Waals surface area contributed by atoms with Gasteiger partial charge in [0.05, 0.1) is 5.69 Å². The second kappa shape index (κ2) is 5.51. The highest BCUT2D eigenvalue weighted by Gasteiger charge is 2.25. The summed E-state index contributed by atoms with van der Waals surface area (Å²) in [5, 5.41) is 0. The first-order valence-electron chi connectivity index (χ1n) is 7.64.